The molecule has 1 aromatic rings. The summed E-state index contributed by atoms with van der Waals surface area (Å²) in [6, 6.07) is 1.37. The molecule has 0 heterocycles. The Labute approximate surface area is 122 Å². The molecule has 0 radical (unpaired) electrons. The van der Waals surface area contributed by atoms with Gasteiger partial charge in [0, 0.05) is 11.6 Å². The fourth-order valence-corrected chi connectivity index (χ4v) is 3.48. The number of nitro benzene ring substituents is 1. The average Bonchev–Trinajstić information content (AvgIpc) is 2.36. The summed E-state index contributed by atoms with van der Waals surface area (Å²) in [5, 5.41) is 10.6. The molecule has 0 bridgehead atoms. The molecule has 0 aromatic heterocycles. The zero-order chi connectivity index (χ0) is 16.4. The highest BCUT2D eigenvalue weighted by Crippen LogP contribution is 2.29. The molecule has 0 saturated carbocycles. The van der Waals surface area contributed by atoms with Crippen LogP contribution >= 0.6 is 0 Å². The third-order valence-electron chi connectivity index (χ3n) is 3.48. The first-order chi connectivity index (χ1) is 9.56. The van der Waals surface area contributed by atoms with Gasteiger partial charge in [0.1, 0.15) is 4.90 Å². The molecule has 0 atom stereocenters. The van der Waals surface area contributed by atoms with E-state index in [1.54, 1.807) is 20.8 Å². The van der Waals surface area contributed by atoms with Crippen molar-refractivity contribution >= 4 is 21.4 Å². The Bertz CT molecular complexity index is 633. The zero-order valence-corrected chi connectivity index (χ0v) is 12.8. The lowest BCUT2D eigenvalue weighted by Gasteiger charge is -2.28. The van der Waals surface area contributed by atoms with Crippen molar-refractivity contribution in [3.63, 3.8) is 0 Å². The maximum absolute atomic E-state index is 13.9. The van der Waals surface area contributed by atoms with Crippen LogP contribution in [0, 0.1) is 15.9 Å². The van der Waals surface area contributed by atoms with Crippen molar-refractivity contribution in [2.24, 2.45) is 0 Å². The zero-order valence-electron chi connectivity index (χ0n) is 12.0. The van der Waals surface area contributed by atoms with Gasteiger partial charge in [0.25, 0.3) is 5.69 Å². The summed E-state index contributed by atoms with van der Waals surface area (Å²) in [6.45, 7) is 5.27. The number of rotatable bonds is 6. The number of halogens is 1. The van der Waals surface area contributed by atoms with E-state index in [0.29, 0.717) is 18.9 Å². The summed E-state index contributed by atoms with van der Waals surface area (Å²) in [5.74, 6) is -1.25. The van der Waals surface area contributed by atoms with Crippen LogP contribution in [0.15, 0.2) is 17.0 Å². The van der Waals surface area contributed by atoms with E-state index in [0.717, 1.165) is 6.07 Å². The molecule has 0 aliphatic heterocycles. The number of nitro groups is 1. The number of sulfonamides is 1. The van der Waals surface area contributed by atoms with Crippen molar-refractivity contribution in [2.75, 3.05) is 5.73 Å². The Kier molecular flexibility index (Phi) is 4.90. The first-order valence-electron chi connectivity index (χ1n) is 6.33. The van der Waals surface area contributed by atoms with Crippen LogP contribution in [0.3, 0.4) is 0 Å². The number of nitrogens with two attached hydrogens (primary N) is 1. The van der Waals surface area contributed by atoms with Gasteiger partial charge in [-0.3, -0.25) is 10.1 Å². The Morgan fingerprint density at radius 2 is 1.90 bits per heavy atom. The van der Waals surface area contributed by atoms with Crippen LogP contribution in [0.4, 0.5) is 15.8 Å². The minimum absolute atomic E-state index is 0.497. The second kappa shape index (κ2) is 5.94. The number of hydrogen-bond acceptors (Lipinski definition) is 5. The molecule has 0 aliphatic carbocycles. The molecule has 118 valence electrons. The molecule has 0 unspecified atom stereocenters. The Balaban J connectivity index is 3.36. The van der Waals surface area contributed by atoms with Crippen LogP contribution < -0.4 is 10.5 Å². The fourth-order valence-electron chi connectivity index (χ4n) is 1.76. The molecule has 0 saturated heterocycles. The number of nitrogens with one attached hydrogen (secondary N) is 1. The minimum atomic E-state index is -4.22. The Morgan fingerprint density at radius 1 is 1.38 bits per heavy atom. The van der Waals surface area contributed by atoms with Gasteiger partial charge in [-0.05, 0) is 19.8 Å². The van der Waals surface area contributed by atoms with Gasteiger partial charge in [-0.2, -0.15) is 0 Å². The maximum Gasteiger partial charge on any atom is 0.274 e. The second-order valence-corrected chi connectivity index (χ2v) is 6.60. The van der Waals surface area contributed by atoms with Crippen LogP contribution in [-0.4, -0.2) is 18.9 Å². The lowest BCUT2D eigenvalue weighted by atomic mass is 9.98. The van der Waals surface area contributed by atoms with Crippen molar-refractivity contribution in [2.45, 2.75) is 44.0 Å². The van der Waals surface area contributed by atoms with Crippen molar-refractivity contribution in [1.82, 2.24) is 4.72 Å². The summed E-state index contributed by atoms with van der Waals surface area (Å²) in [4.78, 5) is 9.00. The predicted molar refractivity (Wildman–Crippen MR) is 76.8 cm³/mol. The Morgan fingerprint density at radius 3 is 2.29 bits per heavy atom. The van der Waals surface area contributed by atoms with Gasteiger partial charge in [0.2, 0.25) is 10.0 Å². The van der Waals surface area contributed by atoms with Crippen LogP contribution in [0.25, 0.3) is 0 Å². The standard InChI is InChI=1S/C12H18FN3O4S/c1-4-12(3,5-2)15-21(19,20)11-9(13)6-8(16(17)18)7-10(11)14/h6-7,15H,4-5,14H2,1-3H3. The summed E-state index contributed by atoms with van der Waals surface area (Å²) >= 11 is 0. The molecule has 0 fully saturated rings. The van der Waals surface area contributed by atoms with E-state index in [1.807, 2.05) is 0 Å². The second-order valence-electron chi connectivity index (χ2n) is 4.98. The Hall–Kier alpha value is -1.74. The summed E-state index contributed by atoms with van der Waals surface area (Å²) in [7, 11) is -4.22. The highest BCUT2D eigenvalue weighted by molar-refractivity contribution is 7.89. The molecule has 0 aliphatic rings. The molecular formula is C12H18FN3O4S. The third-order valence-corrected chi connectivity index (χ3v) is 5.21. The highest BCUT2D eigenvalue weighted by Gasteiger charge is 2.32. The van der Waals surface area contributed by atoms with Crippen LogP contribution in [-0.2, 0) is 10.0 Å². The van der Waals surface area contributed by atoms with Gasteiger partial charge < -0.3 is 5.73 Å². The first kappa shape index (κ1) is 17.3. The van der Waals surface area contributed by atoms with Gasteiger partial charge >= 0.3 is 0 Å². The molecule has 1 aromatic carbocycles. The van der Waals surface area contributed by atoms with Crippen molar-refractivity contribution in [1.29, 1.82) is 0 Å². The van der Waals surface area contributed by atoms with Gasteiger partial charge in [-0.15, -0.1) is 0 Å². The number of non-ortho nitro benzene ring substituents is 1. The van der Waals surface area contributed by atoms with Crippen molar-refractivity contribution in [3.05, 3.63) is 28.1 Å². The average molecular weight is 319 g/mol. The van der Waals surface area contributed by atoms with E-state index < -0.39 is 42.6 Å². The lowest BCUT2D eigenvalue weighted by molar-refractivity contribution is -0.385. The van der Waals surface area contributed by atoms with Crippen LogP contribution in [0.2, 0.25) is 0 Å². The number of hydrogen-bond donors (Lipinski definition) is 2. The van der Waals surface area contributed by atoms with E-state index in [4.69, 9.17) is 5.73 Å². The molecule has 0 amide bonds. The smallest absolute Gasteiger partial charge is 0.274 e. The van der Waals surface area contributed by atoms with E-state index in [-0.39, 0.29) is 0 Å². The summed E-state index contributed by atoms with van der Waals surface area (Å²) in [5.41, 5.74) is 3.64. The molecule has 0 spiro atoms. The van der Waals surface area contributed by atoms with E-state index in [2.05, 4.69) is 4.72 Å². The molecular weight excluding hydrogens is 301 g/mol. The van der Waals surface area contributed by atoms with Gasteiger partial charge in [0.05, 0.1) is 16.7 Å². The molecule has 1 rings (SSSR count). The van der Waals surface area contributed by atoms with E-state index >= 15 is 0 Å². The predicted octanol–water partition coefficient (Wildman–Crippen LogP) is 2.17. The highest BCUT2D eigenvalue weighted by atomic mass is 32.2. The minimum Gasteiger partial charge on any atom is -0.397 e. The fraction of sp³-hybridized carbons (Fsp3) is 0.500. The lowest BCUT2D eigenvalue weighted by Crippen LogP contribution is -2.45. The molecule has 9 heteroatoms. The third kappa shape index (κ3) is 3.67. The normalized spacial score (nSPS) is 12.4. The number of nitrogen functional groups attached to an aromatic ring is 1. The monoisotopic (exact) mass is 319 g/mol. The van der Waals surface area contributed by atoms with Crippen molar-refractivity contribution in [3.8, 4) is 0 Å². The molecule has 21 heavy (non-hydrogen) atoms. The molecule has 3 N–H and O–H groups in total. The van der Waals surface area contributed by atoms with Gasteiger partial charge in [-0.25, -0.2) is 17.5 Å². The van der Waals surface area contributed by atoms with Crippen LogP contribution in [0.1, 0.15) is 33.6 Å². The first-order valence-corrected chi connectivity index (χ1v) is 7.82. The van der Waals surface area contributed by atoms with Gasteiger partial charge in [0.15, 0.2) is 5.82 Å². The van der Waals surface area contributed by atoms with Crippen molar-refractivity contribution < 1.29 is 17.7 Å². The largest absolute Gasteiger partial charge is 0.397 e. The van der Waals surface area contributed by atoms with E-state index in [9.17, 15) is 22.9 Å². The van der Waals surface area contributed by atoms with Crippen LogP contribution in [0.5, 0.6) is 0 Å². The summed E-state index contributed by atoms with van der Waals surface area (Å²) < 4.78 is 40.9. The summed E-state index contributed by atoms with van der Waals surface area (Å²) in [6.07, 6.45) is 0.995. The SMILES string of the molecule is CCC(C)(CC)NS(=O)(=O)c1c(N)cc([N+](=O)[O-])cc1F. The number of benzene rings is 1. The number of anilines is 1. The molecule has 7 nitrogen and oxygen atoms in total. The number of nitrogens with zero attached hydrogens (tertiary/aromatic N) is 1. The van der Waals surface area contributed by atoms with E-state index in [1.165, 1.54) is 0 Å². The van der Waals surface area contributed by atoms with Gasteiger partial charge in [-0.1, -0.05) is 13.8 Å². The topological polar surface area (TPSA) is 115 Å². The maximum atomic E-state index is 13.9. The quantitative estimate of drug-likeness (QED) is 0.473.